The number of hydrogen-bond acceptors (Lipinski definition) is 3. The molecule has 3 nitrogen and oxygen atoms in total. The van der Waals surface area contributed by atoms with Crippen LogP contribution in [-0.2, 0) is 6.61 Å². The van der Waals surface area contributed by atoms with Crippen molar-refractivity contribution in [2.24, 2.45) is 0 Å². The van der Waals surface area contributed by atoms with Crippen molar-refractivity contribution in [3.63, 3.8) is 0 Å². The molecule has 0 aliphatic rings. The molecule has 0 aromatic heterocycles. The molecular formula is C23H22O3. The number of benzene rings is 3. The van der Waals surface area contributed by atoms with E-state index < -0.39 is 0 Å². The molecule has 0 N–H and O–H groups in total. The number of ether oxygens (including phenoxy) is 2. The van der Waals surface area contributed by atoms with Crippen LogP contribution in [0.3, 0.4) is 0 Å². The standard InChI is InChI=1S/C23H22O3/c1-16-7-4-5-10-22(16)26-21-12-11-19(14-24)20(13-21)15-25-23-17(2)8-6-9-18(23)3/h4-14H,15H2,1-3H3. The molecule has 0 unspecified atom stereocenters. The second-order valence-corrected chi connectivity index (χ2v) is 6.36. The fourth-order valence-electron chi connectivity index (χ4n) is 2.86. The van der Waals surface area contributed by atoms with Gasteiger partial charge in [-0.3, -0.25) is 4.79 Å². The highest BCUT2D eigenvalue weighted by Gasteiger charge is 2.09. The van der Waals surface area contributed by atoms with Crippen LogP contribution < -0.4 is 9.47 Å². The second kappa shape index (κ2) is 7.87. The van der Waals surface area contributed by atoms with Gasteiger partial charge < -0.3 is 9.47 Å². The minimum atomic E-state index is 0.310. The van der Waals surface area contributed by atoms with Gasteiger partial charge >= 0.3 is 0 Å². The monoisotopic (exact) mass is 346 g/mol. The van der Waals surface area contributed by atoms with Crippen LogP contribution in [0.5, 0.6) is 17.2 Å². The van der Waals surface area contributed by atoms with Gasteiger partial charge in [0.25, 0.3) is 0 Å². The molecule has 0 saturated heterocycles. The third kappa shape index (κ3) is 3.94. The molecule has 0 spiro atoms. The van der Waals surface area contributed by atoms with Gasteiger partial charge in [0.1, 0.15) is 30.1 Å². The van der Waals surface area contributed by atoms with Gasteiger partial charge in [-0.25, -0.2) is 0 Å². The van der Waals surface area contributed by atoms with Gasteiger partial charge in [0.15, 0.2) is 0 Å². The van der Waals surface area contributed by atoms with E-state index in [1.807, 2.05) is 69.3 Å². The number of carbonyl (C=O) groups excluding carboxylic acids is 1. The largest absolute Gasteiger partial charge is 0.488 e. The summed E-state index contributed by atoms with van der Waals surface area (Å²) < 4.78 is 12.0. The zero-order valence-electron chi connectivity index (χ0n) is 15.3. The molecule has 26 heavy (non-hydrogen) atoms. The second-order valence-electron chi connectivity index (χ2n) is 6.36. The van der Waals surface area contributed by atoms with Crippen molar-refractivity contribution in [3.8, 4) is 17.2 Å². The molecule has 0 saturated carbocycles. The summed E-state index contributed by atoms with van der Waals surface area (Å²) in [6.07, 6.45) is 0.848. The molecule has 3 rings (SSSR count). The van der Waals surface area contributed by atoms with Gasteiger partial charge in [-0.1, -0.05) is 36.4 Å². The first kappa shape index (κ1) is 17.7. The maximum absolute atomic E-state index is 11.4. The van der Waals surface area contributed by atoms with Crippen LogP contribution in [-0.4, -0.2) is 6.29 Å². The highest BCUT2D eigenvalue weighted by atomic mass is 16.5. The Balaban J connectivity index is 1.84. The Bertz CT molecular complexity index is 908. The molecule has 0 atom stereocenters. The smallest absolute Gasteiger partial charge is 0.150 e. The van der Waals surface area contributed by atoms with Crippen molar-refractivity contribution in [2.75, 3.05) is 0 Å². The summed E-state index contributed by atoms with van der Waals surface area (Å²) in [6.45, 7) is 6.34. The maximum Gasteiger partial charge on any atom is 0.150 e. The Kier molecular flexibility index (Phi) is 5.37. The average molecular weight is 346 g/mol. The Morgan fingerprint density at radius 2 is 1.54 bits per heavy atom. The Labute approximate surface area is 154 Å². The highest BCUT2D eigenvalue weighted by molar-refractivity contribution is 5.77. The maximum atomic E-state index is 11.4. The van der Waals surface area contributed by atoms with Crippen LogP contribution >= 0.6 is 0 Å². The molecule has 0 heterocycles. The predicted octanol–water partition coefficient (Wildman–Crippen LogP) is 5.80. The fourth-order valence-corrected chi connectivity index (χ4v) is 2.86. The lowest BCUT2D eigenvalue weighted by Gasteiger charge is -2.14. The first-order valence-electron chi connectivity index (χ1n) is 8.59. The number of hydrogen-bond donors (Lipinski definition) is 0. The summed E-state index contributed by atoms with van der Waals surface area (Å²) in [5, 5.41) is 0. The Hall–Kier alpha value is -3.07. The zero-order valence-corrected chi connectivity index (χ0v) is 15.3. The van der Waals surface area contributed by atoms with Gasteiger partial charge in [-0.15, -0.1) is 0 Å². The number of para-hydroxylation sites is 2. The van der Waals surface area contributed by atoms with Gasteiger partial charge in [-0.2, -0.15) is 0 Å². The minimum absolute atomic E-state index is 0.310. The number of carbonyl (C=O) groups is 1. The van der Waals surface area contributed by atoms with Gasteiger partial charge in [0.05, 0.1) is 0 Å². The van der Waals surface area contributed by atoms with Crippen LogP contribution in [0.2, 0.25) is 0 Å². The van der Waals surface area contributed by atoms with Crippen molar-refractivity contribution in [1.82, 2.24) is 0 Å². The summed E-state index contributed by atoms with van der Waals surface area (Å²) in [5.74, 6) is 2.34. The lowest BCUT2D eigenvalue weighted by Crippen LogP contribution is -2.02. The van der Waals surface area contributed by atoms with E-state index in [1.54, 1.807) is 12.1 Å². The molecule has 0 radical (unpaired) electrons. The van der Waals surface area contributed by atoms with Gasteiger partial charge in [0.2, 0.25) is 0 Å². The van der Waals surface area contributed by atoms with Crippen molar-refractivity contribution >= 4 is 6.29 Å². The molecule has 3 aromatic carbocycles. The third-order valence-electron chi connectivity index (χ3n) is 4.34. The quantitative estimate of drug-likeness (QED) is 0.530. The molecule has 0 aliphatic heterocycles. The topological polar surface area (TPSA) is 35.5 Å². The van der Waals surface area contributed by atoms with E-state index in [0.29, 0.717) is 17.9 Å². The van der Waals surface area contributed by atoms with Crippen molar-refractivity contribution < 1.29 is 14.3 Å². The van der Waals surface area contributed by atoms with Crippen molar-refractivity contribution in [1.29, 1.82) is 0 Å². The molecule has 0 amide bonds. The lowest BCUT2D eigenvalue weighted by molar-refractivity contribution is 0.112. The molecule has 3 heteroatoms. The van der Waals surface area contributed by atoms with Crippen LogP contribution in [0.4, 0.5) is 0 Å². The van der Waals surface area contributed by atoms with E-state index in [4.69, 9.17) is 9.47 Å². The van der Waals surface area contributed by atoms with Crippen molar-refractivity contribution in [2.45, 2.75) is 27.4 Å². The highest BCUT2D eigenvalue weighted by Crippen LogP contribution is 2.28. The van der Waals surface area contributed by atoms with E-state index in [-0.39, 0.29) is 0 Å². The first-order valence-corrected chi connectivity index (χ1v) is 8.59. The Morgan fingerprint density at radius 1 is 0.846 bits per heavy atom. The predicted molar refractivity (Wildman–Crippen MR) is 103 cm³/mol. The van der Waals surface area contributed by atoms with E-state index >= 15 is 0 Å². The first-order chi connectivity index (χ1) is 12.6. The molecule has 0 aliphatic carbocycles. The van der Waals surface area contributed by atoms with Gasteiger partial charge in [-0.05, 0) is 61.7 Å². The van der Waals surface area contributed by atoms with Crippen LogP contribution in [0.15, 0.2) is 60.7 Å². The minimum Gasteiger partial charge on any atom is -0.488 e. The van der Waals surface area contributed by atoms with Crippen molar-refractivity contribution in [3.05, 3.63) is 88.5 Å². The number of aldehydes is 1. The van der Waals surface area contributed by atoms with E-state index in [1.165, 1.54) is 0 Å². The fraction of sp³-hybridized carbons (Fsp3) is 0.174. The number of rotatable bonds is 6. The normalized spacial score (nSPS) is 10.4. The van der Waals surface area contributed by atoms with E-state index in [2.05, 4.69) is 0 Å². The van der Waals surface area contributed by atoms with Crippen LogP contribution in [0.1, 0.15) is 32.6 Å². The summed E-state index contributed by atoms with van der Waals surface area (Å²) in [5.41, 5.74) is 4.61. The van der Waals surface area contributed by atoms with E-state index in [9.17, 15) is 4.79 Å². The molecule has 0 bridgehead atoms. The van der Waals surface area contributed by atoms with Gasteiger partial charge in [0, 0.05) is 11.1 Å². The summed E-state index contributed by atoms with van der Waals surface area (Å²) >= 11 is 0. The summed E-state index contributed by atoms with van der Waals surface area (Å²) in [4.78, 5) is 11.4. The lowest BCUT2D eigenvalue weighted by atomic mass is 10.1. The summed E-state index contributed by atoms with van der Waals surface area (Å²) in [6, 6.07) is 19.3. The summed E-state index contributed by atoms with van der Waals surface area (Å²) in [7, 11) is 0. The third-order valence-corrected chi connectivity index (χ3v) is 4.34. The Morgan fingerprint density at radius 3 is 2.23 bits per heavy atom. The average Bonchev–Trinajstić information content (AvgIpc) is 2.63. The molecule has 132 valence electrons. The molecule has 0 fully saturated rings. The van der Waals surface area contributed by atoms with Crippen LogP contribution in [0.25, 0.3) is 0 Å². The number of aryl methyl sites for hydroxylation is 3. The molecule has 3 aromatic rings. The van der Waals surface area contributed by atoms with E-state index in [0.717, 1.165) is 40.0 Å². The SMILES string of the molecule is Cc1ccccc1Oc1ccc(C=O)c(COc2c(C)cccc2C)c1. The van der Waals surface area contributed by atoms with Crippen LogP contribution in [0, 0.1) is 20.8 Å². The zero-order chi connectivity index (χ0) is 18.5. The molecular weight excluding hydrogens is 324 g/mol.